The van der Waals surface area contributed by atoms with Crippen molar-refractivity contribution in [2.45, 2.75) is 19.9 Å². The van der Waals surface area contributed by atoms with Crippen LogP contribution in [0.25, 0.3) is 0 Å². The van der Waals surface area contributed by atoms with Crippen molar-refractivity contribution in [1.82, 2.24) is 4.90 Å². The van der Waals surface area contributed by atoms with E-state index in [-0.39, 0.29) is 24.0 Å². The minimum Gasteiger partial charge on any atom is -0.493 e. The number of carbonyl (C=O) groups is 3. The van der Waals surface area contributed by atoms with Crippen LogP contribution in [0.4, 0.5) is 5.69 Å². The number of benzene rings is 2. The Bertz CT molecular complexity index is 972. The molecule has 0 saturated heterocycles. The van der Waals surface area contributed by atoms with Crippen LogP contribution in [0.3, 0.4) is 0 Å². The van der Waals surface area contributed by atoms with Gasteiger partial charge in [0.25, 0.3) is 5.91 Å². The number of hydrogen-bond donors (Lipinski definition) is 1. The molecule has 158 valence electrons. The number of carbonyl (C=O) groups excluding carboxylic acids is 3. The zero-order valence-electron chi connectivity index (χ0n) is 17.2. The Hall–Kier alpha value is -3.55. The van der Waals surface area contributed by atoms with Crippen LogP contribution < -0.4 is 14.8 Å². The van der Waals surface area contributed by atoms with E-state index in [0.717, 1.165) is 11.1 Å². The maximum Gasteiger partial charge on any atom is 0.338 e. The third-order valence-corrected chi connectivity index (χ3v) is 4.82. The van der Waals surface area contributed by atoms with Crippen LogP contribution in [0.2, 0.25) is 0 Å². The number of ether oxygens (including phenoxy) is 3. The number of rotatable bonds is 6. The lowest BCUT2D eigenvalue weighted by Crippen LogP contribution is -2.38. The molecule has 0 radical (unpaired) electrons. The first-order valence-electron chi connectivity index (χ1n) is 9.47. The quantitative estimate of drug-likeness (QED) is 0.733. The molecule has 0 saturated carbocycles. The van der Waals surface area contributed by atoms with Gasteiger partial charge in [0.15, 0.2) is 18.1 Å². The molecule has 1 heterocycles. The summed E-state index contributed by atoms with van der Waals surface area (Å²) in [5.74, 6) is 0.124. The second kappa shape index (κ2) is 9.30. The van der Waals surface area contributed by atoms with Crippen molar-refractivity contribution in [3.05, 3.63) is 53.1 Å². The van der Waals surface area contributed by atoms with Crippen LogP contribution in [0.15, 0.2) is 36.4 Å². The SMILES string of the molecule is COc1cc2c(cc1OC)CN(C(=O)COC(=O)c1cccc(NC(C)=O)c1)CC2. The van der Waals surface area contributed by atoms with Gasteiger partial charge in [-0.1, -0.05) is 6.07 Å². The summed E-state index contributed by atoms with van der Waals surface area (Å²) in [5.41, 5.74) is 2.82. The number of hydrogen-bond acceptors (Lipinski definition) is 6. The van der Waals surface area contributed by atoms with E-state index in [2.05, 4.69) is 5.32 Å². The highest BCUT2D eigenvalue weighted by molar-refractivity contribution is 5.94. The normalized spacial score (nSPS) is 12.6. The summed E-state index contributed by atoms with van der Waals surface area (Å²) in [6.07, 6.45) is 0.675. The van der Waals surface area contributed by atoms with Crippen molar-refractivity contribution in [2.75, 3.05) is 32.7 Å². The van der Waals surface area contributed by atoms with E-state index in [1.807, 2.05) is 12.1 Å². The van der Waals surface area contributed by atoms with Gasteiger partial charge in [-0.15, -0.1) is 0 Å². The van der Waals surface area contributed by atoms with E-state index in [9.17, 15) is 14.4 Å². The van der Waals surface area contributed by atoms with Gasteiger partial charge < -0.3 is 24.4 Å². The Morgan fingerprint density at radius 3 is 2.40 bits per heavy atom. The Labute approximate surface area is 174 Å². The maximum atomic E-state index is 12.6. The van der Waals surface area contributed by atoms with E-state index in [4.69, 9.17) is 14.2 Å². The Morgan fingerprint density at radius 2 is 1.73 bits per heavy atom. The zero-order chi connectivity index (χ0) is 21.7. The topological polar surface area (TPSA) is 94.2 Å². The molecule has 1 aliphatic heterocycles. The average molecular weight is 412 g/mol. The molecular weight excluding hydrogens is 388 g/mol. The van der Waals surface area contributed by atoms with Gasteiger partial charge >= 0.3 is 5.97 Å². The van der Waals surface area contributed by atoms with Crippen LogP contribution >= 0.6 is 0 Å². The first kappa shape index (κ1) is 21.2. The summed E-state index contributed by atoms with van der Waals surface area (Å²) in [6, 6.07) is 10.2. The minimum absolute atomic E-state index is 0.240. The fourth-order valence-corrected chi connectivity index (χ4v) is 3.33. The molecule has 0 unspecified atom stereocenters. The van der Waals surface area contributed by atoms with Crippen LogP contribution in [-0.4, -0.2) is 50.1 Å². The van der Waals surface area contributed by atoms with Crippen LogP contribution in [0.5, 0.6) is 11.5 Å². The Morgan fingerprint density at radius 1 is 1.03 bits per heavy atom. The van der Waals surface area contributed by atoms with Crippen LogP contribution in [-0.2, 0) is 27.3 Å². The van der Waals surface area contributed by atoms with Crippen LogP contribution in [0.1, 0.15) is 28.4 Å². The molecule has 0 spiro atoms. The summed E-state index contributed by atoms with van der Waals surface area (Å²) in [4.78, 5) is 37.7. The number of methoxy groups -OCH3 is 2. The maximum absolute atomic E-state index is 12.6. The summed E-state index contributed by atoms with van der Waals surface area (Å²) >= 11 is 0. The standard InChI is InChI=1S/C22H24N2O6/c1-14(25)23-18-6-4-5-16(9-18)22(27)30-13-21(26)24-8-7-15-10-19(28-2)20(29-3)11-17(15)12-24/h4-6,9-11H,7-8,12-13H2,1-3H3,(H,23,25). The molecule has 8 nitrogen and oxygen atoms in total. The molecule has 1 aliphatic rings. The summed E-state index contributed by atoms with van der Waals surface area (Å²) in [7, 11) is 3.15. The molecule has 0 bridgehead atoms. The fraction of sp³-hybridized carbons (Fsp3) is 0.318. The van der Waals surface area contributed by atoms with Crippen LogP contribution in [0, 0.1) is 0 Å². The molecule has 0 aromatic heterocycles. The van der Waals surface area contributed by atoms with Crippen molar-refractivity contribution in [1.29, 1.82) is 0 Å². The van der Waals surface area contributed by atoms with E-state index in [1.165, 1.54) is 13.0 Å². The van der Waals surface area contributed by atoms with Gasteiger partial charge in [-0.3, -0.25) is 9.59 Å². The molecule has 0 atom stereocenters. The molecule has 2 aromatic rings. The molecule has 30 heavy (non-hydrogen) atoms. The molecule has 2 amide bonds. The number of nitrogens with one attached hydrogen (secondary N) is 1. The van der Waals surface area contributed by atoms with Crippen molar-refractivity contribution < 1.29 is 28.6 Å². The first-order chi connectivity index (χ1) is 14.4. The largest absolute Gasteiger partial charge is 0.493 e. The predicted octanol–water partition coefficient (Wildman–Crippen LogP) is 2.40. The van der Waals surface area contributed by atoms with Gasteiger partial charge in [-0.05, 0) is 47.9 Å². The summed E-state index contributed by atoms with van der Waals surface area (Å²) in [5, 5.41) is 2.60. The highest BCUT2D eigenvalue weighted by Gasteiger charge is 2.24. The third kappa shape index (κ3) is 4.89. The molecule has 8 heteroatoms. The number of fused-ring (bicyclic) bond motifs is 1. The lowest BCUT2D eigenvalue weighted by atomic mass is 9.99. The second-order valence-electron chi connectivity index (χ2n) is 6.88. The van der Waals surface area contributed by atoms with Gasteiger partial charge in [-0.25, -0.2) is 4.79 Å². The Kier molecular flexibility index (Phi) is 6.56. The van der Waals surface area contributed by atoms with Crippen molar-refractivity contribution >= 4 is 23.5 Å². The number of esters is 1. The minimum atomic E-state index is -0.626. The van der Waals surface area contributed by atoms with E-state index in [1.54, 1.807) is 37.3 Å². The number of amides is 2. The first-order valence-corrected chi connectivity index (χ1v) is 9.47. The number of anilines is 1. The lowest BCUT2D eigenvalue weighted by molar-refractivity contribution is -0.135. The molecule has 3 rings (SSSR count). The molecule has 1 N–H and O–H groups in total. The second-order valence-corrected chi connectivity index (χ2v) is 6.88. The van der Waals surface area contributed by atoms with Crippen molar-refractivity contribution in [3.63, 3.8) is 0 Å². The average Bonchev–Trinajstić information content (AvgIpc) is 2.75. The number of nitrogens with zero attached hydrogens (tertiary/aromatic N) is 1. The fourth-order valence-electron chi connectivity index (χ4n) is 3.33. The Balaban J connectivity index is 1.61. The van der Waals surface area contributed by atoms with Gasteiger partial charge in [-0.2, -0.15) is 0 Å². The monoisotopic (exact) mass is 412 g/mol. The molecule has 0 aliphatic carbocycles. The van der Waals surface area contributed by atoms with E-state index in [0.29, 0.717) is 36.7 Å². The predicted molar refractivity (Wildman–Crippen MR) is 110 cm³/mol. The van der Waals surface area contributed by atoms with Gasteiger partial charge in [0.2, 0.25) is 5.91 Å². The van der Waals surface area contributed by atoms with E-state index < -0.39 is 5.97 Å². The third-order valence-electron chi connectivity index (χ3n) is 4.82. The summed E-state index contributed by atoms with van der Waals surface area (Å²) < 4.78 is 15.8. The molecular formula is C22H24N2O6. The van der Waals surface area contributed by atoms with Gasteiger partial charge in [0, 0.05) is 25.7 Å². The van der Waals surface area contributed by atoms with Crippen molar-refractivity contribution in [2.24, 2.45) is 0 Å². The molecule has 2 aromatic carbocycles. The lowest BCUT2D eigenvalue weighted by Gasteiger charge is -2.29. The summed E-state index contributed by atoms with van der Waals surface area (Å²) in [6.45, 7) is 1.96. The highest BCUT2D eigenvalue weighted by Crippen LogP contribution is 2.33. The van der Waals surface area contributed by atoms with Gasteiger partial charge in [0.05, 0.1) is 19.8 Å². The van der Waals surface area contributed by atoms with Crippen molar-refractivity contribution in [3.8, 4) is 11.5 Å². The smallest absolute Gasteiger partial charge is 0.338 e. The van der Waals surface area contributed by atoms with Gasteiger partial charge in [0.1, 0.15) is 0 Å². The zero-order valence-corrected chi connectivity index (χ0v) is 17.2. The van der Waals surface area contributed by atoms with E-state index >= 15 is 0 Å². The molecule has 0 fully saturated rings. The highest BCUT2D eigenvalue weighted by atomic mass is 16.5.